The van der Waals surface area contributed by atoms with Gasteiger partial charge in [0.15, 0.2) is 0 Å². The zero-order valence-electron chi connectivity index (χ0n) is 19.7. The number of hydrogen-bond donors (Lipinski definition) is 2. The molecule has 2 N–H and O–H groups in total. The zero-order valence-corrected chi connectivity index (χ0v) is 20.5. The van der Waals surface area contributed by atoms with Crippen molar-refractivity contribution >= 4 is 23.1 Å². The topological polar surface area (TPSA) is 40.2 Å². The van der Waals surface area contributed by atoms with Gasteiger partial charge in [0.2, 0.25) is 0 Å². The van der Waals surface area contributed by atoms with Gasteiger partial charge in [0, 0.05) is 60.8 Å². The van der Waals surface area contributed by atoms with Gasteiger partial charge in [0.05, 0.1) is 5.69 Å². The molecule has 0 bridgehead atoms. The minimum Gasteiger partial charge on any atom is -0.385 e. The molecule has 1 aliphatic heterocycles. The third kappa shape index (κ3) is 7.24. The first kappa shape index (κ1) is 23.7. The second-order valence-electron chi connectivity index (χ2n) is 8.67. The lowest BCUT2D eigenvalue weighted by atomic mass is 10.1. The predicted molar refractivity (Wildman–Crippen MR) is 144 cm³/mol. The molecule has 0 unspecified atom stereocenters. The van der Waals surface area contributed by atoms with Crippen molar-refractivity contribution in [3.8, 4) is 11.3 Å². The molecular formula is C28H36N4S. The van der Waals surface area contributed by atoms with Crippen LogP contribution in [-0.4, -0.2) is 43.5 Å². The Morgan fingerprint density at radius 3 is 2.58 bits per heavy atom. The maximum absolute atomic E-state index is 4.52. The van der Waals surface area contributed by atoms with Crippen LogP contribution in [0.2, 0.25) is 0 Å². The fourth-order valence-electron chi connectivity index (χ4n) is 4.30. The summed E-state index contributed by atoms with van der Waals surface area (Å²) in [6.45, 7) is 7.63. The highest BCUT2D eigenvalue weighted by molar-refractivity contribution is 7.99. The maximum atomic E-state index is 4.52. The van der Waals surface area contributed by atoms with Crippen LogP contribution in [0.5, 0.6) is 0 Å². The quantitative estimate of drug-likeness (QED) is 0.262. The van der Waals surface area contributed by atoms with Crippen LogP contribution >= 0.6 is 11.8 Å². The van der Waals surface area contributed by atoms with Crippen LogP contribution in [0.1, 0.15) is 31.2 Å². The Kier molecular flexibility index (Phi) is 9.08. The average molecular weight is 461 g/mol. The summed E-state index contributed by atoms with van der Waals surface area (Å²) in [7, 11) is 0. The second-order valence-corrected chi connectivity index (χ2v) is 9.84. The highest BCUT2D eigenvalue weighted by Crippen LogP contribution is 2.25. The smallest absolute Gasteiger partial charge is 0.0713 e. The third-order valence-electron chi connectivity index (χ3n) is 6.12. The number of benzene rings is 2. The highest BCUT2D eigenvalue weighted by Gasteiger charge is 2.12. The van der Waals surface area contributed by atoms with Gasteiger partial charge < -0.3 is 15.5 Å². The van der Waals surface area contributed by atoms with Crippen molar-refractivity contribution in [1.29, 1.82) is 0 Å². The average Bonchev–Trinajstić information content (AvgIpc) is 2.87. The monoisotopic (exact) mass is 460 g/mol. The van der Waals surface area contributed by atoms with Gasteiger partial charge in [-0.2, -0.15) is 0 Å². The van der Waals surface area contributed by atoms with E-state index in [-0.39, 0.29) is 0 Å². The number of rotatable bonds is 11. The molecule has 1 aliphatic rings. The second kappa shape index (κ2) is 12.7. The lowest BCUT2D eigenvalue weighted by Gasteiger charge is -2.31. The van der Waals surface area contributed by atoms with E-state index in [0.717, 1.165) is 38.4 Å². The molecule has 2 heterocycles. The molecule has 0 amide bonds. The first-order chi connectivity index (χ1) is 16.3. The Morgan fingerprint density at radius 2 is 1.76 bits per heavy atom. The minimum absolute atomic E-state index is 1.05. The number of pyridine rings is 1. The molecule has 2 aromatic carbocycles. The Bertz CT molecular complexity index is 986. The van der Waals surface area contributed by atoms with Crippen molar-refractivity contribution < 1.29 is 0 Å². The summed E-state index contributed by atoms with van der Waals surface area (Å²) in [4.78, 5) is 8.32. The molecule has 0 saturated carbocycles. The van der Waals surface area contributed by atoms with Crippen LogP contribution in [0.4, 0.5) is 11.4 Å². The number of anilines is 2. The van der Waals surface area contributed by atoms with E-state index in [4.69, 9.17) is 0 Å². The molecule has 0 aliphatic carbocycles. The largest absolute Gasteiger partial charge is 0.385 e. The van der Waals surface area contributed by atoms with Gasteiger partial charge in [-0.15, -0.1) is 11.8 Å². The van der Waals surface area contributed by atoms with Crippen molar-refractivity contribution in [3.05, 3.63) is 72.4 Å². The SMILES string of the molecule is Cc1cc(NCCCCCCSc2ccnc(-c3ccccc3)c2)ccc1N1CCNCC1. The van der Waals surface area contributed by atoms with Gasteiger partial charge in [0.1, 0.15) is 0 Å². The predicted octanol–water partition coefficient (Wildman–Crippen LogP) is 6.23. The summed E-state index contributed by atoms with van der Waals surface area (Å²) in [5, 5.41) is 7.04. The molecule has 0 atom stereocenters. The summed E-state index contributed by atoms with van der Waals surface area (Å²) < 4.78 is 0. The Labute approximate surface area is 203 Å². The molecule has 1 fully saturated rings. The van der Waals surface area contributed by atoms with Gasteiger partial charge in [-0.05, 0) is 61.4 Å². The molecule has 174 valence electrons. The molecule has 33 heavy (non-hydrogen) atoms. The minimum atomic E-state index is 1.05. The first-order valence-corrected chi connectivity index (χ1v) is 13.2. The molecule has 5 heteroatoms. The van der Waals surface area contributed by atoms with Crippen LogP contribution in [0.25, 0.3) is 11.3 Å². The van der Waals surface area contributed by atoms with E-state index < -0.39 is 0 Å². The van der Waals surface area contributed by atoms with Crippen LogP contribution in [0, 0.1) is 6.92 Å². The molecule has 1 aromatic heterocycles. The normalized spacial score (nSPS) is 13.8. The summed E-state index contributed by atoms with van der Waals surface area (Å²) >= 11 is 1.94. The number of hydrogen-bond acceptors (Lipinski definition) is 5. The van der Waals surface area contributed by atoms with Crippen LogP contribution in [0.3, 0.4) is 0 Å². The number of unbranched alkanes of at least 4 members (excludes halogenated alkanes) is 3. The molecule has 4 rings (SSSR count). The van der Waals surface area contributed by atoms with E-state index in [1.807, 2.05) is 24.0 Å². The van der Waals surface area contributed by atoms with E-state index in [0.29, 0.717) is 0 Å². The molecular weight excluding hydrogens is 424 g/mol. The van der Waals surface area contributed by atoms with Gasteiger partial charge in [-0.1, -0.05) is 43.2 Å². The van der Waals surface area contributed by atoms with Crippen LogP contribution in [-0.2, 0) is 0 Å². The standard InChI is InChI=1S/C28H36N4S/c1-23-21-25(11-12-28(23)32-18-16-29-17-19-32)30-14-7-2-3-8-20-33-26-13-15-31-27(22-26)24-9-5-4-6-10-24/h4-6,9-13,15,21-22,29-30H,2-3,7-8,14,16-20H2,1H3. The summed E-state index contributed by atoms with van der Waals surface area (Å²) in [6.07, 6.45) is 6.96. The lowest BCUT2D eigenvalue weighted by molar-refractivity contribution is 0.588. The Morgan fingerprint density at radius 1 is 0.939 bits per heavy atom. The van der Waals surface area contributed by atoms with Crippen LogP contribution in [0.15, 0.2) is 71.8 Å². The fourth-order valence-corrected chi connectivity index (χ4v) is 5.23. The summed E-state index contributed by atoms with van der Waals surface area (Å²) in [5.74, 6) is 1.17. The van der Waals surface area contributed by atoms with Crippen molar-refractivity contribution in [2.75, 3.05) is 48.7 Å². The van der Waals surface area contributed by atoms with E-state index in [1.54, 1.807) is 0 Å². The van der Waals surface area contributed by atoms with E-state index in [1.165, 1.54) is 58.8 Å². The summed E-state index contributed by atoms with van der Waals surface area (Å²) in [6, 6.07) is 21.6. The number of nitrogens with zero attached hydrogens (tertiary/aromatic N) is 2. The highest BCUT2D eigenvalue weighted by atomic mass is 32.2. The van der Waals surface area contributed by atoms with Gasteiger partial charge in [0.25, 0.3) is 0 Å². The number of thioether (sulfide) groups is 1. The van der Waals surface area contributed by atoms with E-state index in [9.17, 15) is 0 Å². The van der Waals surface area contributed by atoms with Gasteiger partial charge >= 0.3 is 0 Å². The molecule has 0 radical (unpaired) electrons. The van der Waals surface area contributed by atoms with Gasteiger partial charge in [-0.3, -0.25) is 4.98 Å². The number of piperazine rings is 1. The fraction of sp³-hybridized carbons (Fsp3) is 0.393. The Hall–Kier alpha value is -2.50. The molecule has 4 nitrogen and oxygen atoms in total. The van der Waals surface area contributed by atoms with Crippen LogP contribution < -0.4 is 15.5 Å². The summed E-state index contributed by atoms with van der Waals surface area (Å²) in [5.41, 5.74) is 6.23. The zero-order chi connectivity index (χ0) is 22.7. The van der Waals surface area contributed by atoms with E-state index >= 15 is 0 Å². The van der Waals surface area contributed by atoms with Crippen molar-refractivity contribution in [2.45, 2.75) is 37.5 Å². The number of aryl methyl sites for hydroxylation is 1. The van der Waals surface area contributed by atoms with Crippen molar-refractivity contribution in [3.63, 3.8) is 0 Å². The van der Waals surface area contributed by atoms with E-state index in [2.05, 4.69) is 82.0 Å². The number of nitrogens with one attached hydrogen (secondary N) is 2. The van der Waals surface area contributed by atoms with Crippen molar-refractivity contribution in [2.24, 2.45) is 0 Å². The third-order valence-corrected chi connectivity index (χ3v) is 7.20. The molecule has 1 saturated heterocycles. The first-order valence-electron chi connectivity index (χ1n) is 12.2. The molecule has 0 spiro atoms. The number of aromatic nitrogens is 1. The Balaban J connectivity index is 1.10. The maximum Gasteiger partial charge on any atom is 0.0713 e. The molecule has 3 aromatic rings. The van der Waals surface area contributed by atoms with Crippen molar-refractivity contribution in [1.82, 2.24) is 10.3 Å². The lowest BCUT2D eigenvalue weighted by Crippen LogP contribution is -2.43. The van der Waals surface area contributed by atoms with Gasteiger partial charge in [-0.25, -0.2) is 0 Å².